The van der Waals surface area contributed by atoms with Gasteiger partial charge in [-0.2, -0.15) is 8.78 Å². The van der Waals surface area contributed by atoms with Gasteiger partial charge in [-0.05, 0) is 56.2 Å². The Morgan fingerprint density at radius 2 is 1.84 bits per heavy atom. The Hall–Kier alpha value is -2.69. The van der Waals surface area contributed by atoms with Crippen molar-refractivity contribution in [3.8, 4) is 5.75 Å². The Labute approximate surface area is 204 Å². The number of nitrogens with one attached hydrogen (secondary N) is 2. The first-order valence-corrected chi connectivity index (χ1v) is 10.1. The molecule has 0 spiro atoms. The molecule has 3 aromatic rings. The van der Waals surface area contributed by atoms with E-state index in [0.29, 0.717) is 12.5 Å². The third-order valence-electron chi connectivity index (χ3n) is 4.53. The largest absolute Gasteiger partial charge is 0.491 e. The summed E-state index contributed by atoms with van der Waals surface area (Å²) in [4.78, 5) is 8.64. The molecule has 3 rings (SSSR count). The molecule has 2 N–H and O–H groups in total. The zero-order valence-corrected chi connectivity index (χ0v) is 20.6. The molecule has 0 saturated heterocycles. The summed E-state index contributed by atoms with van der Waals surface area (Å²) in [5.74, 6) is 1.46. The van der Waals surface area contributed by atoms with Crippen LogP contribution in [-0.4, -0.2) is 21.6 Å². The number of hydrogen-bond acceptors (Lipinski definition) is 3. The minimum absolute atomic E-state index is 0. The molecule has 1 heterocycles. The highest BCUT2D eigenvalue weighted by Crippen LogP contribution is 2.17. The van der Waals surface area contributed by atoms with Crippen LogP contribution in [0.3, 0.4) is 0 Å². The van der Waals surface area contributed by atoms with Crippen LogP contribution in [0.25, 0.3) is 0 Å². The van der Waals surface area contributed by atoms with Crippen molar-refractivity contribution in [2.45, 2.75) is 46.5 Å². The van der Waals surface area contributed by atoms with E-state index in [2.05, 4.69) is 20.6 Å². The number of rotatable bonds is 8. The highest BCUT2D eigenvalue weighted by molar-refractivity contribution is 14.0. The summed E-state index contributed by atoms with van der Waals surface area (Å²) in [7, 11) is 0. The molecule has 0 aliphatic carbocycles. The van der Waals surface area contributed by atoms with Gasteiger partial charge >= 0.3 is 6.55 Å². The molecular weight excluding hydrogens is 527 g/mol. The van der Waals surface area contributed by atoms with Gasteiger partial charge in [0.05, 0.1) is 19.2 Å². The molecule has 0 aliphatic heterocycles. The Bertz CT molecular complexity index is 1010. The number of alkyl halides is 2. The lowest BCUT2D eigenvalue weighted by Gasteiger charge is -2.15. The summed E-state index contributed by atoms with van der Waals surface area (Å²) in [5.41, 5.74) is 3.01. The van der Waals surface area contributed by atoms with Gasteiger partial charge < -0.3 is 15.4 Å². The first-order chi connectivity index (χ1) is 14.9. The highest BCUT2D eigenvalue weighted by Gasteiger charge is 2.12. The second-order valence-electron chi connectivity index (χ2n) is 7.29. The number of hydrogen-bond donors (Lipinski definition) is 2. The highest BCUT2D eigenvalue weighted by atomic mass is 127. The van der Waals surface area contributed by atoms with E-state index >= 15 is 0 Å². The van der Waals surface area contributed by atoms with Crippen LogP contribution >= 0.6 is 24.0 Å². The number of aliphatic imine (C=N–C) groups is 1. The molecule has 172 valence electrons. The lowest BCUT2D eigenvalue weighted by atomic mass is 10.1. The Kier molecular flexibility index (Phi) is 9.89. The molecule has 0 bridgehead atoms. The van der Waals surface area contributed by atoms with Gasteiger partial charge in [0.25, 0.3) is 0 Å². The van der Waals surface area contributed by atoms with Crippen LogP contribution in [-0.2, 0) is 13.1 Å². The predicted molar refractivity (Wildman–Crippen MR) is 134 cm³/mol. The molecule has 0 aliphatic rings. The molecule has 0 radical (unpaired) electrons. The molecule has 32 heavy (non-hydrogen) atoms. The molecule has 9 heteroatoms. The Balaban J connectivity index is 0.00000363. The molecule has 6 nitrogen and oxygen atoms in total. The van der Waals surface area contributed by atoms with Gasteiger partial charge in [-0.3, -0.25) is 4.57 Å². The van der Waals surface area contributed by atoms with Crippen LogP contribution < -0.4 is 15.4 Å². The minimum Gasteiger partial charge on any atom is -0.491 e. The van der Waals surface area contributed by atoms with Gasteiger partial charge in [-0.15, -0.1) is 24.0 Å². The number of benzene rings is 2. The van der Waals surface area contributed by atoms with Crippen molar-refractivity contribution >= 4 is 35.6 Å². The van der Waals surface area contributed by atoms with Crippen LogP contribution in [0.5, 0.6) is 5.75 Å². The Morgan fingerprint density at radius 1 is 1.12 bits per heavy atom. The van der Waals surface area contributed by atoms with Gasteiger partial charge in [0.1, 0.15) is 11.6 Å². The van der Waals surface area contributed by atoms with Crippen molar-refractivity contribution in [2.75, 3.05) is 5.32 Å². The van der Waals surface area contributed by atoms with E-state index in [1.165, 1.54) is 12.4 Å². The number of aromatic nitrogens is 2. The SMILES string of the molecule is Cc1ccccc1CN=C(NCc1nccn1C(F)F)Nc1ccc(OC(C)C)cc1.I. The number of anilines is 1. The van der Waals surface area contributed by atoms with Crippen LogP contribution in [0.15, 0.2) is 65.9 Å². The van der Waals surface area contributed by atoms with Crippen molar-refractivity contribution in [2.24, 2.45) is 4.99 Å². The van der Waals surface area contributed by atoms with Crippen LogP contribution in [0.1, 0.15) is 37.3 Å². The second kappa shape index (κ2) is 12.4. The van der Waals surface area contributed by atoms with E-state index in [1.807, 2.05) is 69.3 Å². The van der Waals surface area contributed by atoms with Crippen molar-refractivity contribution in [1.29, 1.82) is 0 Å². The predicted octanol–water partition coefficient (Wildman–Crippen LogP) is 5.75. The third-order valence-corrected chi connectivity index (χ3v) is 4.53. The van der Waals surface area contributed by atoms with Crippen molar-refractivity contribution < 1.29 is 13.5 Å². The van der Waals surface area contributed by atoms with Crippen LogP contribution in [0, 0.1) is 6.92 Å². The molecule has 2 aromatic carbocycles. The van der Waals surface area contributed by atoms with Gasteiger partial charge in [-0.1, -0.05) is 24.3 Å². The van der Waals surface area contributed by atoms with Crippen LogP contribution in [0.4, 0.5) is 14.5 Å². The van der Waals surface area contributed by atoms with Crippen molar-refractivity contribution in [1.82, 2.24) is 14.9 Å². The molecule has 0 fully saturated rings. The van der Waals surface area contributed by atoms with Gasteiger partial charge in [-0.25, -0.2) is 9.98 Å². The number of nitrogens with zero attached hydrogens (tertiary/aromatic N) is 3. The number of aryl methyl sites for hydroxylation is 1. The minimum atomic E-state index is -2.65. The zero-order valence-electron chi connectivity index (χ0n) is 18.3. The maximum atomic E-state index is 13.1. The van der Waals surface area contributed by atoms with Crippen molar-refractivity contribution in [3.63, 3.8) is 0 Å². The van der Waals surface area contributed by atoms with Gasteiger partial charge in [0.2, 0.25) is 0 Å². The first-order valence-electron chi connectivity index (χ1n) is 10.1. The summed E-state index contributed by atoms with van der Waals surface area (Å²) < 4.78 is 32.7. The average molecular weight is 555 g/mol. The fourth-order valence-corrected chi connectivity index (χ4v) is 2.94. The smallest absolute Gasteiger partial charge is 0.319 e. The quantitative estimate of drug-likeness (QED) is 0.211. The maximum Gasteiger partial charge on any atom is 0.319 e. The number of ether oxygens (including phenoxy) is 1. The fraction of sp³-hybridized carbons (Fsp3) is 0.304. The standard InChI is InChI=1S/C23H27F2N5O.HI/c1-16(2)31-20-10-8-19(9-11-20)29-23(27-14-18-7-5-4-6-17(18)3)28-15-21-26-12-13-30(21)22(24)25;/h4-13,16,22H,14-15H2,1-3H3,(H2,27,28,29);1H. The number of imidazole rings is 1. The summed E-state index contributed by atoms with van der Waals surface area (Å²) in [6, 6.07) is 15.5. The monoisotopic (exact) mass is 555 g/mol. The summed E-state index contributed by atoms with van der Waals surface area (Å²) >= 11 is 0. The topological polar surface area (TPSA) is 63.5 Å². The second-order valence-corrected chi connectivity index (χ2v) is 7.29. The molecule has 0 unspecified atom stereocenters. The maximum absolute atomic E-state index is 13.1. The summed E-state index contributed by atoms with van der Waals surface area (Å²) in [6.45, 7) is 3.86. The Morgan fingerprint density at radius 3 is 2.50 bits per heavy atom. The normalized spacial score (nSPS) is 11.4. The lowest BCUT2D eigenvalue weighted by molar-refractivity contribution is 0.0668. The molecule has 0 atom stereocenters. The van der Waals surface area contributed by atoms with Crippen molar-refractivity contribution in [3.05, 3.63) is 77.9 Å². The average Bonchev–Trinajstić information content (AvgIpc) is 3.21. The van der Waals surface area contributed by atoms with E-state index in [-0.39, 0.29) is 42.4 Å². The van der Waals surface area contributed by atoms with Gasteiger partial charge in [0.15, 0.2) is 5.96 Å². The molecule has 1 aromatic heterocycles. The molecular formula is C23H28F2IN5O. The molecule has 0 saturated carbocycles. The zero-order chi connectivity index (χ0) is 22.2. The third kappa shape index (κ3) is 7.47. The van der Waals surface area contributed by atoms with Gasteiger partial charge in [0, 0.05) is 18.1 Å². The molecule has 0 amide bonds. The number of halogens is 3. The first kappa shape index (κ1) is 25.6. The van der Waals surface area contributed by atoms with Crippen LogP contribution in [0.2, 0.25) is 0 Å². The van der Waals surface area contributed by atoms with E-state index < -0.39 is 6.55 Å². The fourth-order valence-electron chi connectivity index (χ4n) is 2.94. The van der Waals surface area contributed by atoms with E-state index in [9.17, 15) is 8.78 Å². The van der Waals surface area contributed by atoms with E-state index in [4.69, 9.17) is 4.74 Å². The summed E-state index contributed by atoms with van der Waals surface area (Å²) in [5, 5.41) is 6.31. The number of guanidine groups is 1. The lowest BCUT2D eigenvalue weighted by Crippen LogP contribution is -2.31. The van der Waals surface area contributed by atoms with E-state index in [1.54, 1.807) is 0 Å². The van der Waals surface area contributed by atoms with E-state index in [0.717, 1.165) is 27.1 Å². The summed E-state index contributed by atoms with van der Waals surface area (Å²) in [6.07, 6.45) is 2.70.